The molecule has 0 aliphatic heterocycles. The lowest BCUT2D eigenvalue weighted by molar-refractivity contribution is 0.336. The normalized spacial score (nSPS) is 19.2. The van der Waals surface area contributed by atoms with Crippen LogP contribution in [0.25, 0.3) is 0 Å². The van der Waals surface area contributed by atoms with Crippen molar-refractivity contribution in [2.24, 2.45) is 5.41 Å². The number of nitrogens with one attached hydrogen (secondary N) is 1. The van der Waals surface area contributed by atoms with E-state index in [1.54, 1.807) is 0 Å². The molecule has 0 amide bonds. The van der Waals surface area contributed by atoms with Crippen LogP contribution >= 0.6 is 0 Å². The van der Waals surface area contributed by atoms with Gasteiger partial charge in [-0.05, 0) is 45.4 Å². The first-order chi connectivity index (χ1) is 6.97. The Balaban J connectivity index is 2.11. The van der Waals surface area contributed by atoms with Gasteiger partial charge in [-0.1, -0.05) is 32.6 Å². The minimum absolute atomic E-state index is 0.291. The molecule has 0 unspecified atom stereocenters. The van der Waals surface area contributed by atoms with E-state index in [1.165, 1.54) is 51.5 Å². The van der Waals surface area contributed by atoms with Gasteiger partial charge in [0.25, 0.3) is 0 Å². The summed E-state index contributed by atoms with van der Waals surface area (Å²) in [5.41, 5.74) is 0.986. The fourth-order valence-electron chi connectivity index (χ4n) is 2.07. The number of hydrogen-bond acceptors (Lipinski definition) is 1. The van der Waals surface area contributed by atoms with Crippen molar-refractivity contribution in [1.29, 1.82) is 0 Å². The van der Waals surface area contributed by atoms with E-state index >= 15 is 0 Å². The molecule has 90 valence electrons. The lowest BCUT2D eigenvalue weighted by Gasteiger charge is -2.25. The summed E-state index contributed by atoms with van der Waals surface area (Å²) in [5.74, 6) is 0. The molecule has 1 rings (SSSR count). The molecule has 0 radical (unpaired) electrons. The minimum atomic E-state index is 0.291. The molecule has 1 fully saturated rings. The first kappa shape index (κ1) is 13.0. The Kier molecular flexibility index (Phi) is 4.64. The van der Waals surface area contributed by atoms with Gasteiger partial charge in [0.05, 0.1) is 0 Å². The second-order valence-corrected chi connectivity index (χ2v) is 6.41. The number of unbranched alkanes of at least 4 members (excludes halogenated alkanes) is 3. The van der Waals surface area contributed by atoms with Gasteiger partial charge >= 0.3 is 0 Å². The summed E-state index contributed by atoms with van der Waals surface area (Å²) in [4.78, 5) is 0. The van der Waals surface area contributed by atoms with Gasteiger partial charge in [0.15, 0.2) is 0 Å². The van der Waals surface area contributed by atoms with Crippen molar-refractivity contribution in [2.45, 2.75) is 78.2 Å². The lowest BCUT2D eigenvalue weighted by Crippen LogP contribution is -2.39. The highest BCUT2D eigenvalue weighted by Gasteiger charge is 2.41. The quantitative estimate of drug-likeness (QED) is 0.624. The van der Waals surface area contributed by atoms with E-state index < -0.39 is 0 Å². The second kappa shape index (κ2) is 5.34. The van der Waals surface area contributed by atoms with Crippen LogP contribution < -0.4 is 5.32 Å². The summed E-state index contributed by atoms with van der Waals surface area (Å²) < 4.78 is 0. The summed E-state index contributed by atoms with van der Waals surface area (Å²) in [6, 6.07) is 0. The Labute approximate surface area is 96.0 Å². The van der Waals surface area contributed by atoms with Crippen molar-refractivity contribution in [3.05, 3.63) is 0 Å². The molecule has 1 heteroatoms. The zero-order valence-electron chi connectivity index (χ0n) is 11.2. The van der Waals surface area contributed by atoms with Crippen molar-refractivity contribution in [3.8, 4) is 0 Å². The average molecular weight is 211 g/mol. The van der Waals surface area contributed by atoms with Crippen molar-refractivity contribution in [2.75, 3.05) is 6.54 Å². The van der Waals surface area contributed by atoms with Gasteiger partial charge in [0.1, 0.15) is 0 Å². The van der Waals surface area contributed by atoms with E-state index in [0.29, 0.717) is 11.0 Å². The third kappa shape index (κ3) is 5.55. The fraction of sp³-hybridized carbons (Fsp3) is 1.00. The first-order valence-corrected chi connectivity index (χ1v) is 6.72. The largest absolute Gasteiger partial charge is 0.312 e. The van der Waals surface area contributed by atoms with E-state index in [1.807, 2.05) is 0 Å². The molecule has 0 spiro atoms. The maximum atomic E-state index is 3.67. The van der Waals surface area contributed by atoms with Gasteiger partial charge < -0.3 is 5.32 Å². The monoisotopic (exact) mass is 211 g/mol. The Morgan fingerprint density at radius 2 is 1.73 bits per heavy atom. The molecular weight excluding hydrogens is 182 g/mol. The third-order valence-electron chi connectivity index (χ3n) is 3.51. The summed E-state index contributed by atoms with van der Waals surface area (Å²) in [7, 11) is 0. The van der Waals surface area contributed by atoms with Crippen LogP contribution in [0.3, 0.4) is 0 Å². The van der Waals surface area contributed by atoms with E-state index in [0.717, 1.165) is 0 Å². The highest BCUT2D eigenvalue weighted by molar-refractivity contribution is 4.95. The summed E-state index contributed by atoms with van der Waals surface area (Å²) in [6.07, 6.45) is 10.0. The van der Waals surface area contributed by atoms with Crippen LogP contribution in [0.15, 0.2) is 0 Å². The van der Waals surface area contributed by atoms with Gasteiger partial charge in [-0.25, -0.2) is 0 Å². The van der Waals surface area contributed by atoms with E-state index in [-0.39, 0.29) is 0 Å². The minimum Gasteiger partial charge on any atom is -0.312 e. The van der Waals surface area contributed by atoms with Crippen LogP contribution in [0.4, 0.5) is 0 Å². The van der Waals surface area contributed by atoms with Crippen molar-refractivity contribution >= 4 is 0 Å². The summed E-state index contributed by atoms with van der Waals surface area (Å²) >= 11 is 0. The molecule has 0 aromatic rings. The van der Waals surface area contributed by atoms with E-state index in [9.17, 15) is 0 Å². The van der Waals surface area contributed by atoms with Crippen molar-refractivity contribution in [3.63, 3.8) is 0 Å². The molecule has 0 heterocycles. The predicted molar refractivity (Wildman–Crippen MR) is 68.2 cm³/mol. The molecule has 0 atom stereocenters. The summed E-state index contributed by atoms with van der Waals surface area (Å²) in [6.45, 7) is 10.3. The van der Waals surface area contributed by atoms with E-state index in [2.05, 4.69) is 33.0 Å². The van der Waals surface area contributed by atoms with Gasteiger partial charge in [0.2, 0.25) is 0 Å². The Morgan fingerprint density at radius 1 is 1.07 bits per heavy atom. The average Bonchev–Trinajstić information content (AvgIpc) is 2.90. The molecule has 15 heavy (non-hydrogen) atoms. The molecule has 0 aromatic heterocycles. The van der Waals surface area contributed by atoms with Crippen LogP contribution in [-0.2, 0) is 0 Å². The van der Waals surface area contributed by atoms with Crippen LogP contribution in [0.1, 0.15) is 72.6 Å². The highest BCUT2D eigenvalue weighted by atomic mass is 15.0. The molecule has 1 N–H and O–H groups in total. The fourth-order valence-corrected chi connectivity index (χ4v) is 2.07. The maximum absolute atomic E-state index is 3.67. The van der Waals surface area contributed by atoms with Crippen LogP contribution in [-0.4, -0.2) is 12.1 Å². The summed E-state index contributed by atoms with van der Waals surface area (Å²) in [5, 5.41) is 3.67. The highest BCUT2D eigenvalue weighted by Crippen LogP contribution is 2.49. The standard InChI is InChI=1S/C14H29N/c1-5-6-7-8-9-14(10-11-14)12-15-13(2,3)4/h15H,5-12H2,1-4H3. The van der Waals surface area contributed by atoms with Crippen LogP contribution in [0, 0.1) is 5.41 Å². The smallest absolute Gasteiger partial charge is 0.00967 e. The zero-order valence-corrected chi connectivity index (χ0v) is 11.2. The van der Waals surface area contributed by atoms with Crippen LogP contribution in [0.2, 0.25) is 0 Å². The molecular formula is C14H29N. The van der Waals surface area contributed by atoms with Crippen molar-refractivity contribution < 1.29 is 0 Å². The van der Waals surface area contributed by atoms with E-state index in [4.69, 9.17) is 0 Å². The number of hydrogen-bond donors (Lipinski definition) is 1. The molecule has 0 saturated heterocycles. The first-order valence-electron chi connectivity index (χ1n) is 6.72. The molecule has 0 aromatic carbocycles. The van der Waals surface area contributed by atoms with Gasteiger partial charge in [-0.15, -0.1) is 0 Å². The van der Waals surface area contributed by atoms with Crippen LogP contribution in [0.5, 0.6) is 0 Å². The SMILES string of the molecule is CCCCCCC1(CNC(C)(C)C)CC1. The Bertz CT molecular complexity index is 174. The van der Waals surface area contributed by atoms with Gasteiger partial charge in [-0.3, -0.25) is 0 Å². The molecule has 0 bridgehead atoms. The predicted octanol–water partition coefficient (Wildman–Crippen LogP) is 4.13. The van der Waals surface area contributed by atoms with Crippen molar-refractivity contribution in [1.82, 2.24) is 5.32 Å². The Morgan fingerprint density at radius 3 is 2.20 bits per heavy atom. The zero-order chi connectivity index (χ0) is 11.4. The van der Waals surface area contributed by atoms with Gasteiger partial charge in [0, 0.05) is 12.1 Å². The topological polar surface area (TPSA) is 12.0 Å². The molecule has 1 aliphatic rings. The maximum Gasteiger partial charge on any atom is 0.00967 e. The molecule has 1 nitrogen and oxygen atoms in total. The second-order valence-electron chi connectivity index (χ2n) is 6.41. The molecule has 1 aliphatic carbocycles. The third-order valence-corrected chi connectivity index (χ3v) is 3.51. The lowest BCUT2D eigenvalue weighted by atomic mass is 9.96. The van der Waals surface area contributed by atoms with Gasteiger partial charge in [-0.2, -0.15) is 0 Å². The Hall–Kier alpha value is -0.0400. The number of rotatable bonds is 7. The molecule has 1 saturated carbocycles.